The monoisotopic (exact) mass is 583 g/mol. The molecule has 0 spiro atoms. The van der Waals surface area contributed by atoms with Crippen molar-refractivity contribution in [2.24, 2.45) is 11.8 Å². The summed E-state index contributed by atoms with van der Waals surface area (Å²) in [6.45, 7) is 12.2. The molecule has 3 rings (SSSR count). The van der Waals surface area contributed by atoms with Crippen LogP contribution in [0.4, 0.5) is 0 Å². The Kier molecular flexibility index (Phi) is 10.9. The lowest BCUT2D eigenvalue weighted by Gasteiger charge is -2.47. The number of allylic oxidation sites excluding steroid dienone is 2. The number of carbonyl (C=O) groups is 2. The van der Waals surface area contributed by atoms with Gasteiger partial charge in [-0.3, -0.25) is 14.2 Å². The standard InChI is InChI=1S/C28H46N3O8P/c1-16(2)11-21-15-31-10-9-20-12-25(36-7)26(37-8)13-22(20)23(31)14-24(21)39-40(35,29-18(5)27(32)33)30-19(6)28(34)38-17(3)4/h12,16-19,21,24H,9-11,13-15H2,1-8H3,(H,32,33)(H2,29,30,35)/t18-,19-,21+,24?,40?/m0/s1. The topological polar surface area (TPSA) is 136 Å². The minimum Gasteiger partial charge on any atom is -0.497 e. The number of nitrogens with zero attached hydrogens (tertiary/aromatic N) is 1. The Labute approximate surface area is 237 Å². The van der Waals surface area contributed by atoms with Gasteiger partial charge in [0.05, 0.1) is 26.4 Å². The molecule has 12 heteroatoms. The predicted octanol–water partition coefficient (Wildman–Crippen LogP) is 4.33. The molecule has 0 radical (unpaired) electrons. The quantitative estimate of drug-likeness (QED) is 0.211. The van der Waals surface area contributed by atoms with E-state index >= 15 is 0 Å². The molecule has 5 atom stereocenters. The maximum absolute atomic E-state index is 14.3. The normalized spacial score (nSPS) is 24.1. The minimum atomic E-state index is -4.04. The molecule has 0 amide bonds. The van der Waals surface area contributed by atoms with Gasteiger partial charge in [0, 0.05) is 37.5 Å². The predicted molar refractivity (Wildman–Crippen MR) is 151 cm³/mol. The lowest BCUT2D eigenvalue weighted by atomic mass is 9.80. The van der Waals surface area contributed by atoms with Crippen LogP contribution >= 0.6 is 7.67 Å². The van der Waals surface area contributed by atoms with Crippen LogP contribution in [0.1, 0.15) is 67.2 Å². The van der Waals surface area contributed by atoms with Gasteiger partial charge in [-0.2, -0.15) is 0 Å². The number of hydrogen-bond acceptors (Lipinski definition) is 8. The van der Waals surface area contributed by atoms with E-state index in [1.807, 2.05) is 6.08 Å². The number of esters is 1. The number of hydrogen-bond donors (Lipinski definition) is 3. The highest BCUT2D eigenvalue weighted by Gasteiger charge is 2.43. The Bertz CT molecular complexity index is 1100. The lowest BCUT2D eigenvalue weighted by molar-refractivity contribution is -0.149. The third-order valence-corrected chi connectivity index (χ3v) is 9.41. The summed E-state index contributed by atoms with van der Waals surface area (Å²) in [6.07, 6.45) is 3.98. The van der Waals surface area contributed by atoms with Gasteiger partial charge in [-0.1, -0.05) is 13.8 Å². The molecule has 1 fully saturated rings. The van der Waals surface area contributed by atoms with Crippen LogP contribution in [0.15, 0.2) is 34.4 Å². The fourth-order valence-corrected chi connectivity index (χ4v) is 7.59. The second-order valence-electron chi connectivity index (χ2n) is 11.5. The van der Waals surface area contributed by atoms with Gasteiger partial charge in [0.15, 0.2) is 5.76 Å². The lowest BCUT2D eigenvalue weighted by Crippen LogP contribution is -2.48. The molecular formula is C28H46N3O8P. The van der Waals surface area contributed by atoms with Gasteiger partial charge < -0.3 is 28.7 Å². The molecule has 3 aliphatic rings. The molecule has 0 aromatic rings. The zero-order chi connectivity index (χ0) is 29.8. The van der Waals surface area contributed by atoms with Crippen molar-refractivity contribution in [3.63, 3.8) is 0 Å². The molecule has 0 aromatic heterocycles. The van der Waals surface area contributed by atoms with E-state index in [1.54, 1.807) is 28.1 Å². The first kappa shape index (κ1) is 32.2. The largest absolute Gasteiger partial charge is 0.497 e. The highest BCUT2D eigenvalue weighted by atomic mass is 31.2. The van der Waals surface area contributed by atoms with Crippen molar-refractivity contribution in [1.82, 2.24) is 15.1 Å². The number of rotatable bonds is 13. The number of carboxylic acids is 1. The number of methoxy groups -OCH3 is 2. The first-order valence-corrected chi connectivity index (χ1v) is 15.7. The molecule has 226 valence electrons. The summed E-state index contributed by atoms with van der Waals surface area (Å²) in [6, 6.07) is -2.17. The molecule has 1 saturated heterocycles. The number of ether oxygens (including phenoxy) is 3. The Morgan fingerprint density at radius 1 is 1.10 bits per heavy atom. The van der Waals surface area contributed by atoms with E-state index < -0.39 is 37.8 Å². The summed E-state index contributed by atoms with van der Waals surface area (Å²) in [5.74, 6) is 0.0995. The zero-order valence-electron chi connectivity index (χ0n) is 25.0. The summed E-state index contributed by atoms with van der Waals surface area (Å²) >= 11 is 0. The Morgan fingerprint density at radius 3 is 2.35 bits per heavy atom. The number of aliphatic carboxylic acids is 1. The van der Waals surface area contributed by atoms with Crippen LogP contribution < -0.4 is 10.2 Å². The van der Waals surface area contributed by atoms with Crippen molar-refractivity contribution in [1.29, 1.82) is 0 Å². The van der Waals surface area contributed by atoms with Gasteiger partial charge in [0.1, 0.15) is 17.8 Å². The van der Waals surface area contributed by atoms with Crippen molar-refractivity contribution >= 4 is 19.6 Å². The van der Waals surface area contributed by atoms with Crippen molar-refractivity contribution in [2.75, 3.05) is 27.3 Å². The molecule has 3 N–H and O–H groups in total. The Balaban J connectivity index is 1.96. The smallest absolute Gasteiger partial charge is 0.342 e. The van der Waals surface area contributed by atoms with Crippen molar-refractivity contribution in [3.8, 4) is 0 Å². The average molecular weight is 584 g/mol. The second-order valence-corrected chi connectivity index (χ2v) is 13.3. The van der Waals surface area contributed by atoms with E-state index in [2.05, 4.69) is 28.9 Å². The van der Waals surface area contributed by atoms with Crippen LogP contribution in [0.3, 0.4) is 0 Å². The van der Waals surface area contributed by atoms with Crippen LogP contribution in [0, 0.1) is 11.8 Å². The third-order valence-electron chi connectivity index (χ3n) is 7.39. The van der Waals surface area contributed by atoms with Crippen molar-refractivity contribution < 1.29 is 38.0 Å². The number of piperidine rings is 1. The summed E-state index contributed by atoms with van der Waals surface area (Å²) < 4.78 is 37.1. The molecule has 0 aromatic carbocycles. The molecule has 0 bridgehead atoms. The summed E-state index contributed by atoms with van der Waals surface area (Å²) in [5, 5.41) is 15.0. The molecule has 2 aliphatic heterocycles. The van der Waals surface area contributed by atoms with E-state index in [9.17, 15) is 19.3 Å². The SMILES string of the molecule is COC1=C(OC)CC2=C3CC(OP(=O)(N[C@@H](C)C(=O)O)N[C@@H](C)C(=O)OC(C)C)[C@H](CC(C)C)CN3CCC2=C1. The molecule has 11 nitrogen and oxygen atoms in total. The second kappa shape index (κ2) is 13.6. The van der Waals surface area contributed by atoms with E-state index in [0.717, 1.165) is 48.7 Å². The molecule has 1 aliphatic carbocycles. The Hall–Kier alpha value is -2.33. The highest BCUT2D eigenvalue weighted by Crippen LogP contribution is 2.48. The van der Waals surface area contributed by atoms with Crippen LogP contribution in [0.2, 0.25) is 0 Å². The fourth-order valence-electron chi connectivity index (χ4n) is 5.53. The maximum atomic E-state index is 14.3. The first-order chi connectivity index (χ1) is 18.8. The van der Waals surface area contributed by atoms with Gasteiger partial charge in [-0.05, 0) is 63.7 Å². The summed E-state index contributed by atoms with van der Waals surface area (Å²) in [5.41, 5.74) is 3.45. The maximum Gasteiger partial charge on any atom is 0.342 e. The van der Waals surface area contributed by atoms with Crippen LogP contribution in [-0.4, -0.2) is 73.5 Å². The van der Waals surface area contributed by atoms with E-state index in [4.69, 9.17) is 18.7 Å². The van der Waals surface area contributed by atoms with E-state index in [0.29, 0.717) is 18.8 Å². The zero-order valence-corrected chi connectivity index (χ0v) is 25.9. The van der Waals surface area contributed by atoms with E-state index in [1.165, 1.54) is 19.4 Å². The fraction of sp³-hybridized carbons (Fsp3) is 0.714. The average Bonchev–Trinajstić information content (AvgIpc) is 2.87. The van der Waals surface area contributed by atoms with Crippen molar-refractivity contribution in [2.45, 2.75) is 91.5 Å². The molecule has 40 heavy (non-hydrogen) atoms. The van der Waals surface area contributed by atoms with Gasteiger partial charge in [0.2, 0.25) is 0 Å². The van der Waals surface area contributed by atoms with Gasteiger partial charge in [0.25, 0.3) is 0 Å². The molecule has 2 heterocycles. The number of carboxylic acid groups (broad SMARTS) is 1. The first-order valence-electron chi connectivity index (χ1n) is 14.0. The highest BCUT2D eigenvalue weighted by molar-refractivity contribution is 7.54. The number of nitrogens with one attached hydrogen (secondary N) is 2. The molecule has 0 saturated carbocycles. The summed E-state index contributed by atoms with van der Waals surface area (Å²) in [4.78, 5) is 26.6. The third kappa shape index (κ3) is 7.90. The summed E-state index contributed by atoms with van der Waals surface area (Å²) in [7, 11) is -0.775. The van der Waals surface area contributed by atoms with Gasteiger partial charge >= 0.3 is 19.6 Å². The van der Waals surface area contributed by atoms with Crippen LogP contribution in [0.5, 0.6) is 0 Å². The molecular weight excluding hydrogens is 537 g/mol. The van der Waals surface area contributed by atoms with Crippen LogP contribution in [0.25, 0.3) is 0 Å². The molecule has 2 unspecified atom stereocenters. The van der Waals surface area contributed by atoms with Gasteiger partial charge in [-0.25, -0.2) is 10.2 Å². The Morgan fingerprint density at radius 2 is 1.77 bits per heavy atom. The van der Waals surface area contributed by atoms with Gasteiger partial charge in [-0.15, -0.1) is 0 Å². The van der Waals surface area contributed by atoms with Crippen molar-refractivity contribution in [3.05, 3.63) is 34.4 Å². The van der Waals surface area contributed by atoms with E-state index in [-0.39, 0.29) is 12.0 Å². The number of fused-ring (bicyclic) bond motifs is 2. The van der Waals surface area contributed by atoms with Crippen LogP contribution in [-0.2, 0) is 32.9 Å². The number of carbonyl (C=O) groups excluding carboxylic acids is 1. The minimum absolute atomic E-state index is 0.0421.